The van der Waals surface area contributed by atoms with E-state index < -0.39 is 23.9 Å². The number of fused-ring (bicyclic) bond motifs is 1. The van der Waals surface area contributed by atoms with Crippen molar-refractivity contribution in [2.24, 2.45) is 0 Å². The number of alkyl halides is 2. The molecule has 4 aromatic rings. The molecular formula is C25H24F2N6O2. The number of rotatable bonds is 8. The number of ether oxygens (including phenoxy) is 1. The Bertz CT molecular complexity index is 1330. The molecule has 3 aromatic heterocycles. The zero-order chi connectivity index (χ0) is 24.6. The normalized spacial score (nSPS) is 15.5. The lowest BCUT2D eigenvalue weighted by atomic mass is 10.0. The van der Waals surface area contributed by atoms with Gasteiger partial charge in [-0.1, -0.05) is 6.07 Å². The SMILES string of the molecule is C[C@H](NC(=O)C(C)(F)F)[C@@H](c1ccc(OC2CC2)nc1)n1ncc2cc(-c3cnccn3)ccc21. The highest BCUT2D eigenvalue weighted by molar-refractivity contribution is 5.85. The van der Waals surface area contributed by atoms with Gasteiger partial charge in [-0.15, -0.1) is 0 Å². The second-order valence-corrected chi connectivity index (χ2v) is 8.80. The second kappa shape index (κ2) is 9.01. The number of halogens is 2. The number of hydrogen-bond acceptors (Lipinski definition) is 6. The van der Waals surface area contributed by atoms with Gasteiger partial charge in [0, 0.05) is 42.5 Å². The fourth-order valence-electron chi connectivity index (χ4n) is 3.93. The number of carbonyl (C=O) groups excluding carboxylic acids is 1. The molecule has 1 fully saturated rings. The quantitative estimate of drug-likeness (QED) is 0.408. The molecule has 35 heavy (non-hydrogen) atoms. The Morgan fingerprint density at radius 1 is 1.14 bits per heavy atom. The number of benzene rings is 1. The summed E-state index contributed by atoms with van der Waals surface area (Å²) in [6.07, 6.45) is 10.5. The van der Waals surface area contributed by atoms with E-state index >= 15 is 0 Å². The van der Waals surface area contributed by atoms with Gasteiger partial charge in [0.05, 0.1) is 35.7 Å². The van der Waals surface area contributed by atoms with Crippen molar-refractivity contribution < 1.29 is 18.3 Å². The van der Waals surface area contributed by atoms with Gasteiger partial charge in [0.15, 0.2) is 0 Å². The molecule has 0 radical (unpaired) electrons. The first-order valence-corrected chi connectivity index (χ1v) is 11.3. The minimum Gasteiger partial charge on any atom is -0.474 e. The highest BCUT2D eigenvalue weighted by Crippen LogP contribution is 2.31. The minimum atomic E-state index is -3.50. The van der Waals surface area contributed by atoms with Crippen LogP contribution in [0, 0.1) is 0 Å². The fourth-order valence-corrected chi connectivity index (χ4v) is 3.93. The van der Waals surface area contributed by atoms with Crippen molar-refractivity contribution >= 4 is 16.8 Å². The van der Waals surface area contributed by atoms with E-state index in [0.29, 0.717) is 18.4 Å². The maximum absolute atomic E-state index is 13.6. The Morgan fingerprint density at radius 2 is 1.97 bits per heavy atom. The van der Waals surface area contributed by atoms with Crippen LogP contribution in [0.2, 0.25) is 0 Å². The van der Waals surface area contributed by atoms with E-state index in [1.165, 1.54) is 0 Å². The topological polar surface area (TPSA) is 94.8 Å². The zero-order valence-electron chi connectivity index (χ0n) is 19.2. The molecule has 1 aliphatic rings. The fraction of sp³-hybridized carbons (Fsp3) is 0.320. The van der Waals surface area contributed by atoms with Gasteiger partial charge < -0.3 is 10.1 Å². The Hall–Kier alpha value is -3.95. The van der Waals surface area contributed by atoms with Crippen molar-refractivity contribution in [3.05, 3.63) is 66.9 Å². The van der Waals surface area contributed by atoms with Gasteiger partial charge in [-0.05, 0) is 43.5 Å². The summed E-state index contributed by atoms with van der Waals surface area (Å²) in [6.45, 7) is 2.25. The molecule has 10 heteroatoms. The summed E-state index contributed by atoms with van der Waals surface area (Å²) in [5.74, 6) is -4.35. The van der Waals surface area contributed by atoms with Crippen molar-refractivity contribution in [2.75, 3.05) is 0 Å². The number of nitrogens with zero attached hydrogens (tertiary/aromatic N) is 5. The largest absolute Gasteiger partial charge is 0.474 e. The van der Waals surface area contributed by atoms with Gasteiger partial charge in [0.25, 0.3) is 5.91 Å². The number of carbonyl (C=O) groups is 1. The summed E-state index contributed by atoms with van der Waals surface area (Å²) in [5, 5.41) is 7.83. The molecular weight excluding hydrogens is 454 g/mol. The Labute approximate surface area is 200 Å². The lowest BCUT2D eigenvalue weighted by Gasteiger charge is -2.27. The molecule has 0 spiro atoms. The molecule has 5 rings (SSSR count). The van der Waals surface area contributed by atoms with Crippen LogP contribution < -0.4 is 10.1 Å². The van der Waals surface area contributed by atoms with E-state index in [4.69, 9.17) is 4.74 Å². The number of aromatic nitrogens is 5. The van der Waals surface area contributed by atoms with Crippen LogP contribution in [0.3, 0.4) is 0 Å². The first kappa shape index (κ1) is 22.8. The monoisotopic (exact) mass is 478 g/mol. The number of amides is 1. The van der Waals surface area contributed by atoms with E-state index in [0.717, 1.165) is 35.0 Å². The molecule has 1 aliphatic carbocycles. The van der Waals surface area contributed by atoms with E-state index in [1.807, 2.05) is 24.3 Å². The van der Waals surface area contributed by atoms with Crippen LogP contribution in [0.5, 0.6) is 5.88 Å². The van der Waals surface area contributed by atoms with Gasteiger partial charge in [-0.3, -0.25) is 19.4 Å². The van der Waals surface area contributed by atoms with Crippen molar-refractivity contribution in [2.45, 2.75) is 50.8 Å². The zero-order valence-corrected chi connectivity index (χ0v) is 19.2. The molecule has 1 saturated carbocycles. The van der Waals surface area contributed by atoms with Crippen LogP contribution in [0.25, 0.3) is 22.2 Å². The Balaban J connectivity index is 1.52. The Morgan fingerprint density at radius 3 is 2.63 bits per heavy atom. The van der Waals surface area contributed by atoms with Crippen molar-refractivity contribution in [3.63, 3.8) is 0 Å². The first-order chi connectivity index (χ1) is 16.8. The highest BCUT2D eigenvalue weighted by Gasteiger charge is 2.35. The van der Waals surface area contributed by atoms with E-state index in [-0.39, 0.29) is 6.10 Å². The average Bonchev–Trinajstić information content (AvgIpc) is 3.57. The van der Waals surface area contributed by atoms with E-state index in [9.17, 15) is 13.6 Å². The van der Waals surface area contributed by atoms with Gasteiger partial charge >= 0.3 is 5.92 Å². The maximum Gasteiger partial charge on any atom is 0.321 e. The van der Waals surface area contributed by atoms with Gasteiger partial charge in [-0.2, -0.15) is 13.9 Å². The molecule has 1 amide bonds. The van der Waals surface area contributed by atoms with Crippen LogP contribution in [0.1, 0.15) is 38.3 Å². The van der Waals surface area contributed by atoms with Crippen molar-refractivity contribution in [1.29, 1.82) is 0 Å². The molecule has 180 valence electrons. The summed E-state index contributed by atoms with van der Waals surface area (Å²) >= 11 is 0. The molecule has 1 N–H and O–H groups in total. The van der Waals surface area contributed by atoms with Crippen LogP contribution in [-0.2, 0) is 4.79 Å². The van der Waals surface area contributed by atoms with Crippen LogP contribution >= 0.6 is 0 Å². The number of nitrogens with one attached hydrogen (secondary N) is 1. The predicted molar refractivity (Wildman–Crippen MR) is 125 cm³/mol. The molecule has 2 atom stereocenters. The van der Waals surface area contributed by atoms with Crippen LogP contribution in [-0.4, -0.2) is 48.7 Å². The van der Waals surface area contributed by atoms with Crippen LogP contribution in [0.4, 0.5) is 8.78 Å². The molecule has 0 bridgehead atoms. The number of pyridine rings is 1. The first-order valence-electron chi connectivity index (χ1n) is 11.3. The third-order valence-corrected chi connectivity index (χ3v) is 5.86. The van der Waals surface area contributed by atoms with E-state index in [2.05, 4.69) is 25.4 Å². The highest BCUT2D eigenvalue weighted by atomic mass is 19.3. The minimum absolute atomic E-state index is 0.202. The van der Waals surface area contributed by atoms with Crippen molar-refractivity contribution in [3.8, 4) is 17.1 Å². The number of hydrogen-bond donors (Lipinski definition) is 1. The van der Waals surface area contributed by atoms with Crippen molar-refractivity contribution in [1.82, 2.24) is 30.0 Å². The predicted octanol–water partition coefficient (Wildman–Crippen LogP) is 4.18. The van der Waals surface area contributed by atoms with E-state index in [1.54, 1.807) is 48.7 Å². The molecule has 8 nitrogen and oxygen atoms in total. The summed E-state index contributed by atoms with van der Waals surface area (Å²) < 4.78 is 34.7. The Kier molecular flexibility index (Phi) is 5.88. The van der Waals surface area contributed by atoms with Gasteiger partial charge in [-0.25, -0.2) is 4.98 Å². The molecule has 0 saturated heterocycles. The van der Waals surface area contributed by atoms with Crippen LogP contribution in [0.15, 0.2) is 61.3 Å². The summed E-state index contributed by atoms with van der Waals surface area (Å²) in [7, 11) is 0. The third kappa shape index (κ3) is 4.96. The van der Waals surface area contributed by atoms with Gasteiger partial charge in [0.2, 0.25) is 5.88 Å². The molecule has 1 aromatic carbocycles. The second-order valence-electron chi connectivity index (χ2n) is 8.80. The summed E-state index contributed by atoms with van der Waals surface area (Å²) in [6, 6.07) is 7.99. The molecule has 0 aliphatic heterocycles. The summed E-state index contributed by atoms with van der Waals surface area (Å²) in [4.78, 5) is 24.9. The lowest BCUT2D eigenvalue weighted by molar-refractivity contribution is -0.143. The third-order valence-electron chi connectivity index (χ3n) is 5.86. The average molecular weight is 479 g/mol. The van der Waals surface area contributed by atoms with Gasteiger partial charge in [0.1, 0.15) is 6.10 Å². The smallest absolute Gasteiger partial charge is 0.321 e. The molecule has 3 heterocycles. The molecule has 0 unspecified atom stereocenters. The standard InChI is InChI=1S/C25H24F2N6O2/c1-15(32-24(34)25(2,26)27)23(17-4-8-22(30-12-17)35-19-5-6-19)33-21-7-3-16(11-18(21)13-31-33)20-14-28-9-10-29-20/h3-4,7-15,19,23H,5-6H2,1-2H3,(H,32,34)/t15-,23-/m0/s1. The lowest BCUT2D eigenvalue weighted by Crippen LogP contribution is -2.46. The maximum atomic E-state index is 13.6. The summed E-state index contributed by atoms with van der Waals surface area (Å²) in [5.41, 5.74) is 3.06.